The predicted octanol–water partition coefficient (Wildman–Crippen LogP) is 3.59. The standard InChI is InChI=1S/C8H7O2.3C6H5.Sn/c1-10-8-4-2-7(6-9)3-5-8;3*1-2-4-6-5-3-1;/h2-5H,1H3;3*1-5H;. The summed E-state index contributed by atoms with van der Waals surface area (Å²) < 4.78 is 8.99. The molecule has 0 heterocycles. The van der Waals surface area contributed by atoms with Gasteiger partial charge in [0.05, 0.1) is 0 Å². The van der Waals surface area contributed by atoms with Gasteiger partial charge in [0.2, 0.25) is 0 Å². The molecule has 4 aromatic carbocycles. The van der Waals surface area contributed by atoms with Gasteiger partial charge >= 0.3 is 176 Å². The van der Waals surface area contributed by atoms with Crippen LogP contribution >= 0.6 is 0 Å². The van der Waals surface area contributed by atoms with E-state index in [2.05, 4.69) is 36.4 Å². The average molecular weight is 485 g/mol. The van der Waals surface area contributed by atoms with Crippen LogP contribution in [-0.4, -0.2) is 29.3 Å². The number of hydrogen-bond acceptors (Lipinski definition) is 2. The fourth-order valence-corrected chi connectivity index (χ4v) is 16.7. The van der Waals surface area contributed by atoms with Crippen molar-refractivity contribution in [3.8, 4) is 5.75 Å². The summed E-state index contributed by atoms with van der Waals surface area (Å²) in [6.07, 6.45) is 0. The third-order valence-electron chi connectivity index (χ3n) is 5.31. The number of ether oxygens (including phenoxy) is 1. The molecule has 4 rings (SSSR count). The van der Waals surface area contributed by atoms with Crippen molar-refractivity contribution < 1.29 is 9.53 Å². The van der Waals surface area contributed by atoms with E-state index in [0.29, 0.717) is 0 Å². The minimum atomic E-state index is -4.01. The molecule has 29 heavy (non-hydrogen) atoms. The molecule has 0 aliphatic rings. The van der Waals surface area contributed by atoms with Crippen LogP contribution in [0.5, 0.6) is 5.75 Å². The van der Waals surface area contributed by atoms with Crippen LogP contribution in [0.3, 0.4) is 0 Å². The van der Waals surface area contributed by atoms with Crippen LogP contribution in [0.25, 0.3) is 0 Å². The zero-order chi connectivity index (χ0) is 20.1. The molecule has 2 nitrogen and oxygen atoms in total. The molecule has 0 atom stereocenters. The number of carbonyl (C=O) groups excluding carboxylic acids is 1. The first kappa shape index (κ1) is 19.5. The van der Waals surface area contributed by atoms with E-state index in [9.17, 15) is 4.79 Å². The molecule has 142 valence electrons. The van der Waals surface area contributed by atoms with Gasteiger partial charge in [-0.1, -0.05) is 0 Å². The summed E-state index contributed by atoms with van der Waals surface area (Å²) in [4.78, 5) is 14.3. The van der Waals surface area contributed by atoms with Crippen LogP contribution in [0.15, 0.2) is 115 Å². The predicted molar refractivity (Wildman–Crippen MR) is 121 cm³/mol. The second-order valence-electron chi connectivity index (χ2n) is 6.91. The molecule has 0 N–H and O–H groups in total. The molecule has 0 amide bonds. The summed E-state index contributed by atoms with van der Waals surface area (Å²) >= 11 is -4.01. The van der Waals surface area contributed by atoms with Gasteiger partial charge in [0.25, 0.3) is 0 Å². The second-order valence-corrected chi connectivity index (χ2v) is 17.4. The van der Waals surface area contributed by atoms with Crippen molar-refractivity contribution in [3.63, 3.8) is 0 Å². The summed E-state index contributed by atoms with van der Waals surface area (Å²) in [6, 6.07) is 38.5. The van der Waals surface area contributed by atoms with Gasteiger partial charge in [-0.05, 0) is 0 Å². The summed E-state index contributed by atoms with van der Waals surface area (Å²) in [6.45, 7) is 0. The van der Waals surface area contributed by atoms with Crippen molar-refractivity contribution in [3.05, 3.63) is 121 Å². The van der Waals surface area contributed by atoms with E-state index in [-0.39, 0.29) is 3.80 Å². The third-order valence-corrected chi connectivity index (χ3v) is 18.4. The summed E-state index contributed by atoms with van der Waals surface area (Å²) in [5.41, 5.74) is 0.734. The van der Waals surface area contributed by atoms with Crippen LogP contribution in [0.1, 0.15) is 10.4 Å². The molecule has 0 fully saturated rings. The fraction of sp³-hybridized carbons (Fsp3) is 0.0385. The Bertz CT molecular complexity index is 979. The van der Waals surface area contributed by atoms with Gasteiger partial charge in [0, 0.05) is 0 Å². The SMILES string of the molecule is COc1ccc([C](=O)[Sn]([c]2ccccc2)([c]2ccccc2)[c]2ccccc2)cc1. The van der Waals surface area contributed by atoms with E-state index >= 15 is 0 Å². The maximum atomic E-state index is 14.3. The molecular formula is C26H22O2Sn. The molecule has 0 aliphatic carbocycles. The monoisotopic (exact) mass is 486 g/mol. The molecular weight excluding hydrogens is 463 g/mol. The van der Waals surface area contributed by atoms with Crippen molar-refractivity contribution in [2.24, 2.45) is 0 Å². The number of rotatable bonds is 6. The Labute approximate surface area is 175 Å². The topological polar surface area (TPSA) is 26.3 Å². The van der Waals surface area contributed by atoms with Crippen LogP contribution in [0, 0.1) is 0 Å². The first-order valence-electron chi connectivity index (χ1n) is 9.62. The molecule has 0 spiro atoms. The molecule has 3 heteroatoms. The molecule has 0 saturated heterocycles. The average Bonchev–Trinajstić information content (AvgIpc) is 2.82. The fourth-order valence-electron chi connectivity index (χ4n) is 3.92. The Morgan fingerprint density at radius 3 is 1.31 bits per heavy atom. The molecule has 0 radical (unpaired) electrons. The Balaban J connectivity index is 2.03. The Morgan fingerprint density at radius 1 is 0.586 bits per heavy atom. The van der Waals surface area contributed by atoms with Crippen molar-refractivity contribution in [1.82, 2.24) is 0 Å². The molecule has 0 aliphatic heterocycles. The van der Waals surface area contributed by atoms with Crippen LogP contribution in [-0.2, 0) is 0 Å². The number of carbonyl (C=O) groups is 1. The minimum absolute atomic E-state index is 0.241. The van der Waals surface area contributed by atoms with Crippen molar-refractivity contribution in [1.29, 1.82) is 0 Å². The van der Waals surface area contributed by atoms with Crippen LogP contribution < -0.4 is 15.5 Å². The third kappa shape index (κ3) is 3.60. The number of hydrogen-bond donors (Lipinski definition) is 0. The molecule has 0 aromatic heterocycles. The number of methoxy groups -OCH3 is 1. The number of benzene rings is 4. The van der Waals surface area contributed by atoms with Gasteiger partial charge < -0.3 is 0 Å². The zero-order valence-electron chi connectivity index (χ0n) is 16.3. The van der Waals surface area contributed by atoms with E-state index in [0.717, 1.165) is 22.1 Å². The molecule has 4 aromatic rings. The maximum absolute atomic E-state index is 14.3. The molecule has 0 bridgehead atoms. The zero-order valence-corrected chi connectivity index (χ0v) is 19.1. The van der Waals surface area contributed by atoms with E-state index in [1.165, 1.54) is 0 Å². The second kappa shape index (κ2) is 8.66. The quantitative estimate of drug-likeness (QED) is 0.391. The van der Waals surface area contributed by atoms with E-state index < -0.39 is 18.4 Å². The molecule has 0 saturated carbocycles. The summed E-state index contributed by atoms with van der Waals surface area (Å²) in [5.74, 6) is 0.751. The normalized spacial score (nSPS) is 11.1. The first-order valence-corrected chi connectivity index (χ1v) is 15.3. The van der Waals surface area contributed by atoms with Gasteiger partial charge in [-0.15, -0.1) is 0 Å². The van der Waals surface area contributed by atoms with Gasteiger partial charge in [0.1, 0.15) is 0 Å². The van der Waals surface area contributed by atoms with Gasteiger partial charge in [-0.25, -0.2) is 0 Å². The Hall–Kier alpha value is -2.85. The van der Waals surface area contributed by atoms with Crippen molar-refractivity contribution >= 4 is 32.9 Å². The summed E-state index contributed by atoms with van der Waals surface area (Å²) in [7, 11) is 1.64. The van der Waals surface area contributed by atoms with Gasteiger partial charge in [0.15, 0.2) is 0 Å². The van der Waals surface area contributed by atoms with Crippen molar-refractivity contribution in [2.75, 3.05) is 7.11 Å². The Morgan fingerprint density at radius 2 is 0.966 bits per heavy atom. The van der Waals surface area contributed by atoms with Gasteiger partial charge in [-0.2, -0.15) is 0 Å². The van der Waals surface area contributed by atoms with E-state index in [1.54, 1.807) is 7.11 Å². The van der Waals surface area contributed by atoms with E-state index in [1.807, 2.05) is 78.9 Å². The summed E-state index contributed by atoms with van der Waals surface area (Å²) in [5, 5.41) is 0. The van der Waals surface area contributed by atoms with Gasteiger partial charge in [-0.3, -0.25) is 0 Å². The van der Waals surface area contributed by atoms with E-state index in [4.69, 9.17) is 4.74 Å². The Kier molecular flexibility index (Phi) is 5.81. The van der Waals surface area contributed by atoms with Crippen LogP contribution in [0.2, 0.25) is 0 Å². The van der Waals surface area contributed by atoms with Crippen molar-refractivity contribution in [2.45, 2.75) is 0 Å². The van der Waals surface area contributed by atoms with Crippen LogP contribution in [0.4, 0.5) is 0 Å². The first-order chi connectivity index (χ1) is 14.3. The molecule has 0 unspecified atom stereocenters.